The number of amides is 1. The molecular weight excluding hydrogens is 318 g/mol. The van der Waals surface area contributed by atoms with Crippen LogP contribution in [0.15, 0.2) is 42.5 Å². The highest BCUT2D eigenvalue weighted by Gasteiger charge is 2.20. The Morgan fingerprint density at radius 2 is 2.09 bits per heavy atom. The van der Waals surface area contributed by atoms with Crippen molar-refractivity contribution in [3.63, 3.8) is 0 Å². The van der Waals surface area contributed by atoms with E-state index in [2.05, 4.69) is 5.32 Å². The zero-order valence-corrected chi connectivity index (χ0v) is 13.3. The lowest BCUT2D eigenvalue weighted by atomic mass is 10.2. The highest BCUT2D eigenvalue weighted by atomic mass is 35.5. The first-order valence-electron chi connectivity index (χ1n) is 7.28. The van der Waals surface area contributed by atoms with Gasteiger partial charge in [-0.25, -0.2) is 0 Å². The molecule has 3 rings (SSSR count). The molecule has 23 heavy (non-hydrogen) atoms. The fourth-order valence-corrected chi connectivity index (χ4v) is 2.40. The second kappa shape index (κ2) is 6.79. The summed E-state index contributed by atoms with van der Waals surface area (Å²) in [6.07, 6.45) is -0.0815. The first-order chi connectivity index (χ1) is 11.2. The van der Waals surface area contributed by atoms with Gasteiger partial charge in [0.25, 0.3) is 5.91 Å². The van der Waals surface area contributed by atoms with Gasteiger partial charge in [0.2, 0.25) is 6.79 Å². The predicted octanol–water partition coefficient (Wildman–Crippen LogP) is 3.86. The third-order valence-corrected chi connectivity index (χ3v) is 3.61. The number of carbonyl (C=O) groups excluding carboxylic acids is 1. The van der Waals surface area contributed by atoms with Gasteiger partial charge in [-0.05, 0) is 36.8 Å². The van der Waals surface area contributed by atoms with Crippen molar-refractivity contribution < 1.29 is 19.0 Å². The van der Waals surface area contributed by atoms with Crippen LogP contribution in [-0.4, -0.2) is 18.8 Å². The van der Waals surface area contributed by atoms with E-state index in [1.165, 1.54) is 0 Å². The summed E-state index contributed by atoms with van der Waals surface area (Å²) in [5.41, 5.74) is 0.632. The van der Waals surface area contributed by atoms with E-state index in [0.29, 0.717) is 34.4 Å². The molecule has 0 spiro atoms. The topological polar surface area (TPSA) is 56.8 Å². The van der Waals surface area contributed by atoms with Gasteiger partial charge in [-0.3, -0.25) is 4.79 Å². The van der Waals surface area contributed by atoms with Gasteiger partial charge >= 0.3 is 0 Å². The minimum absolute atomic E-state index is 0.197. The van der Waals surface area contributed by atoms with Crippen LogP contribution in [0.4, 0.5) is 5.69 Å². The molecule has 2 aromatic rings. The first-order valence-corrected chi connectivity index (χ1v) is 7.66. The molecule has 1 aliphatic rings. The Kier molecular flexibility index (Phi) is 4.57. The molecule has 1 atom stereocenters. The van der Waals surface area contributed by atoms with Gasteiger partial charge in [-0.2, -0.15) is 0 Å². The zero-order valence-electron chi connectivity index (χ0n) is 12.5. The van der Waals surface area contributed by atoms with Crippen LogP contribution in [0.5, 0.6) is 17.2 Å². The number of ether oxygens (including phenoxy) is 3. The SMILES string of the molecule is CC[C@H](Oc1cccc(Cl)c1)C(=O)Nc1ccc2c(c1)OCO2. The van der Waals surface area contributed by atoms with E-state index in [-0.39, 0.29) is 12.7 Å². The molecule has 1 aliphatic heterocycles. The Labute approximate surface area is 139 Å². The maximum atomic E-state index is 12.4. The number of rotatable bonds is 5. The standard InChI is InChI=1S/C17H16ClNO4/c1-2-14(23-13-5-3-4-11(18)8-13)17(20)19-12-6-7-15-16(9-12)22-10-21-15/h3-9,14H,2,10H2,1H3,(H,19,20)/t14-/m0/s1. The van der Waals surface area contributed by atoms with E-state index < -0.39 is 6.10 Å². The van der Waals surface area contributed by atoms with Gasteiger partial charge in [0.15, 0.2) is 17.6 Å². The van der Waals surface area contributed by atoms with Crippen LogP contribution >= 0.6 is 11.6 Å². The molecule has 0 saturated carbocycles. The molecule has 1 heterocycles. The average Bonchev–Trinajstić information content (AvgIpc) is 3.00. The maximum Gasteiger partial charge on any atom is 0.265 e. The molecule has 1 amide bonds. The van der Waals surface area contributed by atoms with Crippen LogP contribution in [0, 0.1) is 0 Å². The van der Waals surface area contributed by atoms with Gasteiger partial charge in [0, 0.05) is 16.8 Å². The van der Waals surface area contributed by atoms with Gasteiger partial charge < -0.3 is 19.5 Å². The van der Waals surface area contributed by atoms with Crippen molar-refractivity contribution >= 4 is 23.2 Å². The second-order valence-corrected chi connectivity index (χ2v) is 5.47. The van der Waals surface area contributed by atoms with Crippen molar-refractivity contribution in [1.29, 1.82) is 0 Å². The molecule has 0 saturated heterocycles. The van der Waals surface area contributed by atoms with Crippen LogP contribution in [0.3, 0.4) is 0 Å². The molecule has 0 aliphatic carbocycles. The number of hydrogen-bond acceptors (Lipinski definition) is 4. The Bertz CT molecular complexity index is 719. The van der Waals surface area contributed by atoms with Crippen LogP contribution < -0.4 is 19.5 Å². The van der Waals surface area contributed by atoms with Crippen molar-refractivity contribution in [2.45, 2.75) is 19.4 Å². The Morgan fingerprint density at radius 1 is 1.26 bits per heavy atom. The predicted molar refractivity (Wildman–Crippen MR) is 87.4 cm³/mol. The highest BCUT2D eigenvalue weighted by molar-refractivity contribution is 6.30. The fourth-order valence-electron chi connectivity index (χ4n) is 2.22. The maximum absolute atomic E-state index is 12.4. The molecule has 1 N–H and O–H groups in total. The molecule has 0 bridgehead atoms. The van der Waals surface area contributed by atoms with Crippen LogP contribution in [0.25, 0.3) is 0 Å². The molecule has 2 aromatic carbocycles. The minimum atomic E-state index is -0.612. The summed E-state index contributed by atoms with van der Waals surface area (Å²) in [5.74, 6) is 1.62. The number of benzene rings is 2. The normalized spacial score (nSPS) is 13.5. The summed E-state index contributed by atoms with van der Waals surface area (Å²) in [4.78, 5) is 12.4. The Morgan fingerprint density at radius 3 is 2.87 bits per heavy atom. The summed E-state index contributed by atoms with van der Waals surface area (Å²) in [6, 6.07) is 12.2. The lowest BCUT2D eigenvalue weighted by Crippen LogP contribution is -2.32. The molecular formula is C17H16ClNO4. The van der Waals surface area contributed by atoms with E-state index in [1.54, 1.807) is 42.5 Å². The number of carbonyl (C=O) groups is 1. The Balaban J connectivity index is 1.68. The molecule has 120 valence electrons. The van der Waals surface area contributed by atoms with Gasteiger partial charge in [-0.15, -0.1) is 0 Å². The van der Waals surface area contributed by atoms with Gasteiger partial charge in [0.1, 0.15) is 5.75 Å². The molecule has 0 unspecified atom stereocenters. The number of fused-ring (bicyclic) bond motifs is 1. The van der Waals surface area contributed by atoms with E-state index in [1.807, 2.05) is 6.92 Å². The zero-order chi connectivity index (χ0) is 16.2. The first kappa shape index (κ1) is 15.5. The molecule has 6 heteroatoms. The third kappa shape index (κ3) is 3.68. The summed E-state index contributed by atoms with van der Waals surface area (Å²) < 4.78 is 16.3. The molecule has 0 fully saturated rings. The molecule has 0 radical (unpaired) electrons. The lowest BCUT2D eigenvalue weighted by molar-refractivity contribution is -0.122. The quantitative estimate of drug-likeness (QED) is 0.902. The van der Waals surface area contributed by atoms with Crippen molar-refractivity contribution in [3.8, 4) is 17.2 Å². The Hall–Kier alpha value is -2.40. The van der Waals surface area contributed by atoms with Crippen LogP contribution in [-0.2, 0) is 4.79 Å². The van der Waals surface area contributed by atoms with E-state index in [4.69, 9.17) is 25.8 Å². The largest absolute Gasteiger partial charge is 0.481 e. The smallest absolute Gasteiger partial charge is 0.265 e. The summed E-state index contributed by atoms with van der Waals surface area (Å²) in [5, 5.41) is 3.39. The fraction of sp³-hybridized carbons (Fsp3) is 0.235. The number of anilines is 1. The van der Waals surface area contributed by atoms with Crippen molar-refractivity contribution in [1.82, 2.24) is 0 Å². The minimum Gasteiger partial charge on any atom is -0.481 e. The summed E-state index contributed by atoms with van der Waals surface area (Å²) in [6.45, 7) is 2.08. The van der Waals surface area contributed by atoms with Crippen LogP contribution in [0.1, 0.15) is 13.3 Å². The second-order valence-electron chi connectivity index (χ2n) is 5.03. The van der Waals surface area contributed by atoms with Crippen LogP contribution in [0.2, 0.25) is 5.02 Å². The number of nitrogens with one attached hydrogen (secondary N) is 1. The van der Waals surface area contributed by atoms with Gasteiger partial charge in [-0.1, -0.05) is 24.6 Å². The van der Waals surface area contributed by atoms with E-state index >= 15 is 0 Å². The summed E-state index contributed by atoms with van der Waals surface area (Å²) >= 11 is 5.93. The number of hydrogen-bond donors (Lipinski definition) is 1. The molecule has 0 aromatic heterocycles. The van der Waals surface area contributed by atoms with Crippen molar-refractivity contribution in [3.05, 3.63) is 47.5 Å². The molecule has 5 nitrogen and oxygen atoms in total. The average molecular weight is 334 g/mol. The van der Waals surface area contributed by atoms with Gasteiger partial charge in [0.05, 0.1) is 0 Å². The highest BCUT2D eigenvalue weighted by Crippen LogP contribution is 2.34. The van der Waals surface area contributed by atoms with E-state index in [9.17, 15) is 4.79 Å². The van der Waals surface area contributed by atoms with Crippen molar-refractivity contribution in [2.24, 2.45) is 0 Å². The third-order valence-electron chi connectivity index (χ3n) is 3.38. The summed E-state index contributed by atoms with van der Waals surface area (Å²) in [7, 11) is 0. The monoisotopic (exact) mass is 333 g/mol. The lowest BCUT2D eigenvalue weighted by Gasteiger charge is -2.17. The van der Waals surface area contributed by atoms with Crippen molar-refractivity contribution in [2.75, 3.05) is 12.1 Å². The number of halogens is 1. The van der Waals surface area contributed by atoms with E-state index in [0.717, 1.165) is 0 Å².